The molecule has 0 aliphatic carbocycles. The van der Waals surface area contributed by atoms with Crippen LogP contribution >= 0.6 is 0 Å². The fraction of sp³-hybridized carbons (Fsp3) is 0.545. The third kappa shape index (κ3) is 3.76. The second-order valence-corrected chi connectivity index (χ2v) is 3.58. The van der Waals surface area contributed by atoms with E-state index in [4.69, 9.17) is 14.3 Å². The van der Waals surface area contributed by atoms with Crippen LogP contribution in [0, 0.1) is 0 Å². The molecule has 2 N–H and O–H groups in total. The smallest absolute Gasteiger partial charge is 0.360 e. The number of aromatic nitrogens is 1. The van der Waals surface area contributed by atoms with Gasteiger partial charge in [-0.3, -0.25) is 0 Å². The highest BCUT2D eigenvalue weighted by Gasteiger charge is 2.20. The number of aliphatic carboxylic acids is 1. The normalized spacial score (nSPS) is 11.9. The first-order valence-corrected chi connectivity index (χ1v) is 5.70. The van der Waals surface area contributed by atoms with Crippen LogP contribution in [0.3, 0.4) is 0 Å². The average molecular weight is 256 g/mol. The summed E-state index contributed by atoms with van der Waals surface area (Å²) in [7, 11) is 0. The number of rotatable bonds is 7. The van der Waals surface area contributed by atoms with Gasteiger partial charge in [-0.15, -0.1) is 0 Å². The van der Waals surface area contributed by atoms with Crippen LogP contribution in [-0.4, -0.2) is 34.7 Å². The number of nitrogens with one attached hydrogen (secondary N) is 1. The van der Waals surface area contributed by atoms with Gasteiger partial charge < -0.3 is 19.6 Å². The van der Waals surface area contributed by atoms with Gasteiger partial charge in [0.2, 0.25) is 0 Å². The summed E-state index contributed by atoms with van der Waals surface area (Å²) in [5, 5.41) is 11.6. The zero-order valence-corrected chi connectivity index (χ0v) is 10.3. The number of hydrogen-bond acceptors (Lipinski definition) is 6. The molecular formula is C11H16N2O5. The molecule has 0 saturated heterocycles. The number of carboxylic acids is 1. The zero-order valence-electron chi connectivity index (χ0n) is 10.3. The molecule has 0 aliphatic heterocycles. The van der Waals surface area contributed by atoms with Crippen LogP contribution in [0.5, 0.6) is 0 Å². The Morgan fingerprint density at radius 2 is 2.28 bits per heavy atom. The van der Waals surface area contributed by atoms with Gasteiger partial charge in [0.25, 0.3) is 6.01 Å². The van der Waals surface area contributed by atoms with Crippen molar-refractivity contribution in [2.75, 3.05) is 11.9 Å². The van der Waals surface area contributed by atoms with Gasteiger partial charge in [0, 0.05) is 0 Å². The second kappa shape index (κ2) is 6.63. The summed E-state index contributed by atoms with van der Waals surface area (Å²) in [6, 6.07) is -0.789. The average Bonchev–Trinajstić information content (AvgIpc) is 2.77. The van der Waals surface area contributed by atoms with Gasteiger partial charge in [-0.05, 0) is 13.3 Å². The Labute approximate surface area is 104 Å². The van der Waals surface area contributed by atoms with Crippen molar-refractivity contribution in [1.82, 2.24) is 4.98 Å². The lowest BCUT2D eigenvalue weighted by atomic mass is 10.2. The topological polar surface area (TPSA) is 102 Å². The maximum Gasteiger partial charge on any atom is 0.360 e. The molecule has 0 spiro atoms. The van der Waals surface area contributed by atoms with E-state index in [-0.39, 0.29) is 18.3 Å². The predicted octanol–water partition coefficient (Wildman–Crippen LogP) is 1.52. The lowest BCUT2D eigenvalue weighted by Gasteiger charge is -2.10. The van der Waals surface area contributed by atoms with Crippen molar-refractivity contribution in [2.24, 2.45) is 0 Å². The molecule has 0 aromatic carbocycles. The molecule has 1 heterocycles. The minimum Gasteiger partial charge on any atom is -0.480 e. The summed E-state index contributed by atoms with van der Waals surface area (Å²) >= 11 is 0. The molecule has 1 aromatic heterocycles. The van der Waals surface area contributed by atoms with E-state index in [1.54, 1.807) is 6.92 Å². The Kier molecular flexibility index (Phi) is 5.16. The van der Waals surface area contributed by atoms with Crippen LogP contribution in [-0.2, 0) is 9.53 Å². The first-order valence-electron chi connectivity index (χ1n) is 5.70. The summed E-state index contributed by atoms with van der Waals surface area (Å²) in [4.78, 5) is 26.0. The van der Waals surface area contributed by atoms with E-state index < -0.39 is 18.0 Å². The Balaban J connectivity index is 2.67. The maximum absolute atomic E-state index is 11.3. The van der Waals surface area contributed by atoms with Gasteiger partial charge in [0.1, 0.15) is 12.3 Å². The van der Waals surface area contributed by atoms with Crippen LogP contribution in [0.1, 0.15) is 37.2 Å². The number of esters is 1. The molecule has 1 atom stereocenters. The number of carbonyl (C=O) groups excluding carboxylic acids is 1. The number of oxazole rings is 1. The molecule has 100 valence electrons. The summed E-state index contributed by atoms with van der Waals surface area (Å²) in [5.74, 6) is -1.59. The molecule has 7 heteroatoms. The van der Waals surface area contributed by atoms with Crippen LogP contribution in [0.15, 0.2) is 10.7 Å². The zero-order chi connectivity index (χ0) is 13.5. The van der Waals surface area contributed by atoms with Crippen molar-refractivity contribution in [3.63, 3.8) is 0 Å². The highest BCUT2D eigenvalue weighted by Crippen LogP contribution is 2.12. The quantitative estimate of drug-likeness (QED) is 0.713. The standard InChI is InChI=1S/C11H16N2O5/c1-3-5-7(9(14)15)12-11-13-8(6-18-11)10(16)17-4-2/h6-7H,3-5H2,1-2H3,(H,12,13)(H,14,15). The second-order valence-electron chi connectivity index (χ2n) is 3.58. The van der Waals surface area contributed by atoms with Gasteiger partial charge in [-0.2, -0.15) is 4.98 Å². The maximum atomic E-state index is 11.3. The monoisotopic (exact) mass is 256 g/mol. The summed E-state index contributed by atoms with van der Waals surface area (Å²) in [6.07, 6.45) is 2.27. The van der Waals surface area contributed by atoms with Crippen molar-refractivity contribution >= 4 is 18.0 Å². The van der Waals surface area contributed by atoms with E-state index in [0.717, 1.165) is 6.26 Å². The third-order valence-electron chi connectivity index (χ3n) is 2.16. The molecule has 1 rings (SSSR count). The molecule has 0 radical (unpaired) electrons. The minimum atomic E-state index is -0.993. The van der Waals surface area contributed by atoms with Gasteiger partial charge >= 0.3 is 11.9 Å². The first kappa shape index (κ1) is 14.0. The van der Waals surface area contributed by atoms with Crippen molar-refractivity contribution in [3.05, 3.63) is 12.0 Å². The highest BCUT2D eigenvalue weighted by molar-refractivity contribution is 5.87. The van der Waals surface area contributed by atoms with Crippen molar-refractivity contribution in [1.29, 1.82) is 0 Å². The molecule has 0 amide bonds. The van der Waals surface area contributed by atoms with Gasteiger partial charge in [0.15, 0.2) is 5.69 Å². The number of carbonyl (C=O) groups is 2. The Morgan fingerprint density at radius 3 is 2.83 bits per heavy atom. The number of ether oxygens (including phenoxy) is 1. The van der Waals surface area contributed by atoms with E-state index in [0.29, 0.717) is 12.8 Å². The van der Waals surface area contributed by atoms with Gasteiger partial charge in [-0.25, -0.2) is 9.59 Å². The Bertz CT molecular complexity index is 415. The van der Waals surface area contributed by atoms with E-state index in [1.165, 1.54) is 0 Å². The molecule has 1 unspecified atom stereocenters. The highest BCUT2D eigenvalue weighted by atomic mass is 16.5. The molecular weight excluding hydrogens is 240 g/mol. The minimum absolute atomic E-state index is 0.00102. The fourth-order valence-electron chi connectivity index (χ4n) is 1.33. The van der Waals surface area contributed by atoms with E-state index in [2.05, 4.69) is 10.3 Å². The lowest BCUT2D eigenvalue weighted by molar-refractivity contribution is -0.138. The van der Waals surface area contributed by atoms with Gasteiger partial charge in [0.05, 0.1) is 6.61 Å². The lowest BCUT2D eigenvalue weighted by Crippen LogP contribution is -2.29. The Morgan fingerprint density at radius 1 is 1.56 bits per heavy atom. The number of carboxylic acid groups (broad SMARTS) is 1. The number of nitrogens with zero attached hydrogens (tertiary/aromatic N) is 1. The molecule has 7 nitrogen and oxygen atoms in total. The molecule has 1 aromatic rings. The number of hydrogen-bond donors (Lipinski definition) is 2. The number of anilines is 1. The van der Waals surface area contributed by atoms with E-state index in [1.807, 2.05) is 6.92 Å². The van der Waals surface area contributed by atoms with Gasteiger partial charge in [-0.1, -0.05) is 13.3 Å². The fourth-order valence-corrected chi connectivity index (χ4v) is 1.33. The van der Waals surface area contributed by atoms with E-state index in [9.17, 15) is 9.59 Å². The molecule has 0 bridgehead atoms. The van der Waals surface area contributed by atoms with Crippen LogP contribution in [0.25, 0.3) is 0 Å². The summed E-state index contributed by atoms with van der Waals surface area (Å²) < 4.78 is 9.71. The molecule has 0 aliphatic rings. The van der Waals surface area contributed by atoms with Crippen LogP contribution < -0.4 is 5.32 Å². The van der Waals surface area contributed by atoms with Crippen molar-refractivity contribution in [2.45, 2.75) is 32.7 Å². The first-order chi connectivity index (χ1) is 8.58. The van der Waals surface area contributed by atoms with E-state index >= 15 is 0 Å². The van der Waals surface area contributed by atoms with Crippen molar-refractivity contribution in [3.8, 4) is 0 Å². The predicted molar refractivity (Wildman–Crippen MR) is 62.4 cm³/mol. The van der Waals surface area contributed by atoms with Crippen LogP contribution in [0.2, 0.25) is 0 Å². The summed E-state index contributed by atoms with van der Waals surface area (Å²) in [5.41, 5.74) is 0.0139. The SMILES string of the molecule is CCCC(Nc1nc(C(=O)OCC)co1)C(=O)O. The van der Waals surface area contributed by atoms with Crippen molar-refractivity contribution < 1.29 is 23.8 Å². The molecule has 0 fully saturated rings. The molecule has 18 heavy (non-hydrogen) atoms. The Hall–Kier alpha value is -2.05. The largest absolute Gasteiger partial charge is 0.480 e. The molecule has 0 saturated carbocycles. The third-order valence-corrected chi connectivity index (χ3v) is 2.16. The van der Waals surface area contributed by atoms with Crippen LogP contribution in [0.4, 0.5) is 6.01 Å². The summed E-state index contributed by atoms with van der Waals surface area (Å²) in [6.45, 7) is 3.79.